The Morgan fingerprint density at radius 1 is 0.619 bits per heavy atom. The standard InChI is InChI=1S/C50H32N4O5S4/c1-59-40-16-14-39(15-17-40)54(37-10-3-29(4-11-37)2-7-35-8-9-36(53-35)23-33(27-51)49(55)56)38-12-5-30(6-13-38)42-20-21-44(61-42)46-26-32-22-31-25-45(62-47(31)48(32)63-46)43-19-18-41(60-43)24-34(28-52)50(57)58/h2-21,23-26,53H,22H2,1H3,(H,55,56)(H,57,58)/b7-2+,33-23-,34-24-. The molecule has 0 saturated heterocycles. The second-order valence-corrected chi connectivity index (χ2v) is 18.6. The van der Waals surface area contributed by atoms with Crippen molar-refractivity contribution in [3.05, 3.63) is 165 Å². The molecule has 0 aliphatic heterocycles. The van der Waals surface area contributed by atoms with Crippen molar-refractivity contribution in [2.75, 3.05) is 12.0 Å². The number of methoxy groups -OCH3 is 1. The molecule has 3 aromatic carbocycles. The number of hydrogen-bond donors (Lipinski definition) is 3. The summed E-state index contributed by atoms with van der Waals surface area (Å²) in [6.45, 7) is 0. The predicted molar refractivity (Wildman–Crippen MR) is 256 cm³/mol. The van der Waals surface area contributed by atoms with E-state index in [0.717, 1.165) is 60.7 Å². The number of nitrogens with one attached hydrogen (secondary N) is 1. The Labute approximate surface area is 377 Å². The number of aromatic amines is 1. The number of carboxylic acid groups (broad SMARTS) is 2. The van der Waals surface area contributed by atoms with Crippen LogP contribution < -0.4 is 9.64 Å². The number of rotatable bonds is 13. The molecule has 1 aliphatic rings. The van der Waals surface area contributed by atoms with Gasteiger partial charge in [-0.1, -0.05) is 30.3 Å². The van der Waals surface area contributed by atoms with Crippen LogP contribution in [0, 0.1) is 22.7 Å². The van der Waals surface area contributed by atoms with Gasteiger partial charge in [-0.25, -0.2) is 9.59 Å². The van der Waals surface area contributed by atoms with Crippen LogP contribution in [-0.2, 0) is 16.0 Å². The van der Waals surface area contributed by atoms with Gasteiger partial charge in [-0.2, -0.15) is 10.5 Å². The number of hydrogen-bond acceptors (Lipinski definition) is 10. The maximum Gasteiger partial charge on any atom is 0.346 e. The van der Waals surface area contributed by atoms with Crippen molar-refractivity contribution in [2.24, 2.45) is 0 Å². The molecule has 5 heterocycles. The molecule has 9 rings (SSSR count). The summed E-state index contributed by atoms with van der Waals surface area (Å²) in [5.74, 6) is -1.72. The van der Waals surface area contributed by atoms with Crippen LogP contribution >= 0.6 is 45.3 Å². The Kier molecular flexibility index (Phi) is 11.3. The van der Waals surface area contributed by atoms with Crippen LogP contribution in [0.3, 0.4) is 0 Å². The number of aliphatic carboxylic acids is 2. The Morgan fingerprint density at radius 2 is 1.16 bits per heavy atom. The second-order valence-electron chi connectivity index (χ2n) is 14.3. The zero-order chi connectivity index (χ0) is 43.6. The number of aromatic nitrogens is 1. The highest BCUT2D eigenvalue weighted by molar-refractivity contribution is 7.29. The molecule has 3 N–H and O–H groups in total. The van der Waals surface area contributed by atoms with Crippen LogP contribution in [0.25, 0.3) is 64.0 Å². The zero-order valence-corrected chi connectivity index (χ0v) is 36.4. The SMILES string of the molecule is COc1ccc(N(c2ccc(/C=C/c3ccc(/C=C(/C#N)C(=O)O)[nH]3)cc2)c2ccc(-c3ccc(-c4cc5c(s4)-c4sc(-c6ccc(/C=C(/C#N)C(=O)O)s6)cc4C5)s3)cc2)cc1. The third-order valence-electron chi connectivity index (χ3n) is 10.3. The fourth-order valence-corrected chi connectivity index (χ4v) is 11.9. The van der Waals surface area contributed by atoms with E-state index in [1.807, 2.05) is 78.1 Å². The number of ether oxygens (including phenoxy) is 1. The lowest BCUT2D eigenvalue weighted by Gasteiger charge is -2.26. The number of thiophene rings is 4. The fourth-order valence-electron chi connectivity index (χ4n) is 7.21. The minimum atomic E-state index is -1.27. The van der Waals surface area contributed by atoms with Gasteiger partial charge in [0.15, 0.2) is 0 Å². The van der Waals surface area contributed by atoms with Crippen molar-refractivity contribution >= 4 is 98.7 Å². The molecule has 9 nitrogen and oxygen atoms in total. The van der Waals surface area contributed by atoms with E-state index < -0.39 is 11.9 Å². The number of nitriles is 2. The van der Waals surface area contributed by atoms with Crippen LogP contribution in [0.5, 0.6) is 5.75 Å². The summed E-state index contributed by atoms with van der Waals surface area (Å²) in [5, 5.41) is 36.7. The highest BCUT2D eigenvalue weighted by atomic mass is 32.1. The van der Waals surface area contributed by atoms with Gasteiger partial charge in [0.2, 0.25) is 0 Å². The minimum Gasteiger partial charge on any atom is -0.497 e. The summed E-state index contributed by atoms with van der Waals surface area (Å²) in [5.41, 5.74) is 8.40. The molecular formula is C50H32N4O5S4. The lowest BCUT2D eigenvalue weighted by Crippen LogP contribution is -2.09. The van der Waals surface area contributed by atoms with Gasteiger partial charge in [0.05, 0.1) is 7.11 Å². The minimum absolute atomic E-state index is 0.276. The molecule has 13 heteroatoms. The van der Waals surface area contributed by atoms with Crippen LogP contribution in [0.15, 0.2) is 132 Å². The quantitative estimate of drug-likeness (QED) is 0.0764. The summed E-state index contributed by atoms with van der Waals surface area (Å²) in [7, 11) is 1.65. The number of nitrogens with zero attached hydrogens (tertiary/aromatic N) is 3. The summed E-state index contributed by atoms with van der Waals surface area (Å²) in [4.78, 5) is 37.1. The van der Waals surface area contributed by atoms with Crippen LogP contribution in [0.1, 0.15) is 33.0 Å². The van der Waals surface area contributed by atoms with Crippen LogP contribution in [0.4, 0.5) is 17.1 Å². The smallest absolute Gasteiger partial charge is 0.346 e. The average molecular weight is 897 g/mol. The molecule has 0 unspecified atom stereocenters. The molecule has 0 amide bonds. The van der Waals surface area contributed by atoms with Gasteiger partial charge >= 0.3 is 11.9 Å². The normalized spacial score (nSPS) is 12.2. The van der Waals surface area contributed by atoms with E-state index in [1.165, 1.54) is 59.0 Å². The van der Waals surface area contributed by atoms with E-state index in [1.54, 1.807) is 48.0 Å². The predicted octanol–water partition coefficient (Wildman–Crippen LogP) is 13.5. The molecule has 0 radical (unpaired) electrons. The molecular weight excluding hydrogens is 865 g/mol. The lowest BCUT2D eigenvalue weighted by atomic mass is 10.1. The largest absolute Gasteiger partial charge is 0.497 e. The second kappa shape index (κ2) is 17.5. The maximum atomic E-state index is 11.3. The number of anilines is 3. The topological polar surface area (TPSA) is 150 Å². The van der Waals surface area contributed by atoms with Crippen LogP contribution in [0.2, 0.25) is 0 Å². The lowest BCUT2D eigenvalue weighted by molar-refractivity contribution is -0.133. The van der Waals surface area contributed by atoms with E-state index in [-0.39, 0.29) is 11.1 Å². The van der Waals surface area contributed by atoms with Crippen molar-refractivity contribution in [2.45, 2.75) is 6.42 Å². The third-order valence-corrected chi connectivity index (χ3v) is 15.4. The molecule has 306 valence electrons. The summed E-state index contributed by atoms with van der Waals surface area (Å²) in [6.07, 6.45) is 7.48. The molecule has 63 heavy (non-hydrogen) atoms. The Hall–Kier alpha value is -7.52. The van der Waals surface area contributed by atoms with Crippen LogP contribution in [-0.4, -0.2) is 34.2 Å². The van der Waals surface area contributed by atoms with Gasteiger partial charge in [-0.3, -0.25) is 0 Å². The number of benzene rings is 3. The van der Waals surface area contributed by atoms with E-state index >= 15 is 0 Å². The number of fused-ring (bicyclic) bond motifs is 3. The average Bonchev–Trinajstić information content (AvgIpc) is 4.16. The first-order valence-corrected chi connectivity index (χ1v) is 22.6. The molecule has 0 bridgehead atoms. The Balaban J connectivity index is 0.923. The molecule has 0 fully saturated rings. The van der Waals surface area contributed by atoms with Gasteiger partial charge in [0, 0.05) is 73.9 Å². The first-order chi connectivity index (χ1) is 30.7. The van der Waals surface area contributed by atoms with E-state index in [9.17, 15) is 14.7 Å². The zero-order valence-electron chi connectivity index (χ0n) is 33.2. The monoisotopic (exact) mass is 896 g/mol. The molecule has 0 saturated carbocycles. The van der Waals surface area contributed by atoms with Crippen molar-refractivity contribution in [1.29, 1.82) is 10.5 Å². The fraction of sp³-hybridized carbons (Fsp3) is 0.0400. The molecule has 1 aliphatic carbocycles. The van der Waals surface area contributed by atoms with Crippen molar-refractivity contribution in [3.8, 4) is 57.6 Å². The Morgan fingerprint density at radius 3 is 1.76 bits per heavy atom. The highest BCUT2D eigenvalue weighted by Crippen LogP contribution is 2.52. The molecule has 8 aromatic rings. The summed E-state index contributed by atoms with van der Waals surface area (Å²) in [6, 6.07) is 44.6. The summed E-state index contributed by atoms with van der Waals surface area (Å²) >= 11 is 6.86. The third kappa shape index (κ3) is 8.55. The van der Waals surface area contributed by atoms with E-state index in [0.29, 0.717) is 5.69 Å². The van der Waals surface area contributed by atoms with Gasteiger partial charge in [-0.15, -0.1) is 45.3 Å². The maximum absolute atomic E-state index is 11.3. The summed E-state index contributed by atoms with van der Waals surface area (Å²) < 4.78 is 5.45. The number of H-pyrrole nitrogens is 1. The number of carbonyl (C=O) groups is 2. The van der Waals surface area contributed by atoms with Gasteiger partial charge in [-0.05, 0) is 138 Å². The van der Waals surface area contributed by atoms with Gasteiger partial charge in [0.1, 0.15) is 29.0 Å². The van der Waals surface area contributed by atoms with Crippen molar-refractivity contribution in [3.63, 3.8) is 0 Å². The van der Waals surface area contributed by atoms with Gasteiger partial charge < -0.3 is 24.8 Å². The number of carboxylic acids is 2. The molecule has 0 spiro atoms. The van der Waals surface area contributed by atoms with E-state index in [2.05, 4.69) is 70.5 Å². The highest BCUT2D eigenvalue weighted by Gasteiger charge is 2.26. The first-order valence-electron chi connectivity index (χ1n) is 19.3. The first kappa shape index (κ1) is 40.9. The van der Waals surface area contributed by atoms with Crippen molar-refractivity contribution < 1.29 is 24.5 Å². The molecule has 5 aromatic heterocycles. The van der Waals surface area contributed by atoms with E-state index in [4.69, 9.17) is 20.4 Å². The van der Waals surface area contributed by atoms with Crippen molar-refractivity contribution in [1.82, 2.24) is 4.98 Å². The Bertz CT molecular complexity index is 3220. The molecule has 0 atom stereocenters. The van der Waals surface area contributed by atoms with Gasteiger partial charge in [0.25, 0.3) is 0 Å².